The first-order valence-corrected chi connectivity index (χ1v) is 7.68. The summed E-state index contributed by atoms with van der Waals surface area (Å²) >= 11 is 0. The second-order valence-electron chi connectivity index (χ2n) is 4.68. The molecule has 0 spiro atoms. The lowest BCUT2D eigenvalue weighted by Gasteiger charge is -2.40. The Bertz CT molecular complexity index is 518. The largest absolute Gasteiger partial charge is 0.376 e. The summed E-state index contributed by atoms with van der Waals surface area (Å²) in [6.07, 6.45) is 4.61. The molecule has 0 aromatic carbocycles. The third-order valence-corrected chi connectivity index (χ3v) is 5.00. The molecular weight excluding hydrogens is 266 g/mol. The van der Waals surface area contributed by atoms with Gasteiger partial charge in [0.2, 0.25) is 10.0 Å². The zero-order valence-corrected chi connectivity index (χ0v) is 12.0. The van der Waals surface area contributed by atoms with Crippen LogP contribution in [0.2, 0.25) is 0 Å². The summed E-state index contributed by atoms with van der Waals surface area (Å²) in [4.78, 5) is 4.26. The molecule has 1 heterocycles. The highest BCUT2D eigenvalue weighted by atomic mass is 32.2. The first-order chi connectivity index (χ1) is 9.01. The molecule has 0 atom stereocenters. The van der Waals surface area contributed by atoms with E-state index in [1.165, 1.54) is 25.7 Å². The van der Waals surface area contributed by atoms with E-state index in [9.17, 15) is 8.42 Å². The van der Waals surface area contributed by atoms with Crippen LogP contribution >= 0.6 is 0 Å². The summed E-state index contributed by atoms with van der Waals surface area (Å²) in [5, 5.41) is 3.18. The molecule has 6 nitrogen and oxygen atoms in total. The van der Waals surface area contributed by atoms with Gasteiger partial charge in [-0.05, 0) is 38.4 Å². The molecule has 1 fully saturated rings. The first-order valence-electron chi connectivity index (χ1n) is 6.20. The fourth-order valence-electron chi connectivity index (χ4n) is 2.04. The third kappa shape index (κ3) is 3.05. The SMILES string of the molecule is CNS(=O)(=O)c1ccc(NCC2(OC)CCC2)nc1. The molecule has 0 unspecified atom stereocenters. The molecular formula is C12H19N3O3S. The van der Waals surface area contributed by atoms with Crippen LogP contribution in [0.1, 0.15) is 19.3 Å². The fraction of sp³-hybridized carbons (Fsp3) is 0.583. The van der Waals surface area contributed by atoms with Crippen molar-refractivity contribution in [2.75, 3.05) is 26.0 Å². The Labute approximate surface area is 113 Å². The zero-order valence-electron chi connectivity index (χ0n) is 11.1. The van der Waals surface area contributed by atoms with Crippen molar-refractivity contribution in [3.63, 3.8) is 0 Å². The van der Waals surface area contributed by atoms with Crippen LogP contribution in [0.15, 0.2) is 23.2 Å². The smallest absolute Gasteiger partial charge is 0.241 e. The van der Waals surface area contributed by atoms with Gasteiger partial charge in [-0.25, -0.2) is 18.1 Å². The van der Waals surface area contributed by atoms with Crippen LogP contribution in [0.25, 0.3) is 0 Å². The quantitative estimate of drug-likeness (QED) is 0.814. The number of ether oxygens (including phenoxy) is 1. The van der Waals surface area contributed by atoms with Crippen molar-refractivity contribution in [1.29, 1.82) is 0 Å². The van der Waals surface area contributed by atoms with Crippen LogP contribution < -0.4 is 10.0 Å². The summed E-state index contributed by atoms with van der Waals surface area (Å²) < 4.78 is 30.8. The van der Waals surface area contributed by atoms with E-state index in [0.717, 1.165) is 12.8 Å². The lowest BCUT2D eigenvalue weighted by Crippen LogP contribution is -2.45. The number of rotatable bonds is 6. The van der Waals surface area contributed by atoms with Gasteiger partial charge in [-0.3, -0.25) is 0 Å². The molecule has 1 aromatic heterocycles. The number of pyridine rings is 1. The van der Waals surface area contributed by atoms with E-state index in [-0.39, 0.29) is 10.5 Å². The summed E-state index contributed by atoms with van der Waals surface area (Å²) in [6, 6.07) is 3.19. The normalized spacial score (nSPS) is 17.8. The van der Waals surface area contributed by atoms with Gasteiger partial charge in [0, 0.05) is 19.9 Å². The Balaban J connectivity index is 1.99. The van der Waals surface area contributed by atoms with E-state index in [2.05, 4.69) is 15.0 Å². The van der Waals surface area contributed by atoms with Crippen LogP contribution in [0.5, 0.6) is 0 Å². The van der Waals surface area contributed by atoms with Crippen LogP contribution in [0.4, 0.5) is 5.82 Å². The summed E-state index contributed by atoms with van der Waals surface area (Å²) in [6.45, 7) is 0.689. The Morgan fingerprint density at radius 1 is 1.42 bits per heavy atom. The van der Waals surface area contributed by atoms with E-state index in [1.54, 1.807) is 13.2 Å². The molecule has 0 aliphatic heterocycles. The number of methoxy groups -OCH3 is 1. The summed E-state index contributed by atoms with van der Waals surface area (Å²) in [5.41, 5.74) is -0.0859. The van der Waals surface area contributed by atoms with Crippen LogP contribution in [0, 0.1) is 0 Å². The van der Waals surface area contributed by atoms with Crippen molar-refractivity contribution in [2.24, 2.45) is 0 Å². The predicted molar refractivity (Wildman–Crippen MR) is 72.6 cm³/mol. The maximum atomic E-state index is 11.5. The average molecular weight is 285 g/mol. The lowest BCUT2D eigenvalue weighted by molar-refractivity contribution is -0.0601. The number of hydrogen-bond donors (Lipinski definition) is 2. The zero-order chi connectivity index (χ0) is 13.9. The van der Waals surface area contributed by atoms with Crippen molar-refractivity contribution < 1.29 is 13.2 Å². The summed E-state index contributed by atoms with van der Waals surface area (Å²) in [7, 11) is -0.327. The van der Waals surface area contributed by atoms with Crippen molar-refractivity contribution in [3.05, 3.63) is 18.3 Å². The van der Waals surface area contributed by atoms with Crippen LogP contribution in [-0.4, -0.2) is 39.7 Å². The number of aromatic nitrogens is 1. The van der Waals surface area contributed by atoms with Gasteiger partial charge in [0.05, 0.1) is 5.60 Å². The minimum atomic E-state index is -3.42. The fourth-order valence-corrected chi connectivity index (χ4v) is 2.71. The highest BCUT2D eigenvalue weighted by Crippen LogP contribution is 2.34. The highest BCUT2D eigenvalue weighted by molar-refractivity contribution is 7.89. The maximum Gasteiger partial charge on any atom is 0.241 e. The molecule has 0 amide bonds. The van der Waals surface area contributed by atoms with E-state index in [1.807, 2.05) is 0 Å². The van der Waals surface area contributed by atoms with E-state index < -0.39 is 10.0 Å². The average Bonchev–Trinajstić information content (AvgIpc) is 2.38. The minimum absolute atomic E-state index is 0.0859. The first kappa shape index (κ1) is 14.2. The second kappa shape index (κ2) is 5.44. The number of nitrogens with one attached hydrogen (secondary N) is 2. The monoisotopic (exact) mass is 285 g/mol. The molecule has 1 aromatic rings. The van der Waals surface area contributed by atoms with Gasteiger partial charge >= 0.3 is 0 Å². The van der Waals surface area contributed by atoms with Crippen molar-refractivity contribution in [1.82, 2.24) is 9.71 Å². The van der Waals surface area contributed by atoms with Gasteiger partial charge in [0.25, 0.3) is 0 Å². The molecule has 1 aliphatic carbocycles. The standard InChI is InChI=1S/C12H19N3O3S/c1-13-19(16,17)10-4-5-11(14-8-10)15-9-12(18-2)6-3-7-12/h4-5,8,13H,3,6-7,9H2,1-2H3,(H,14,15). The number of sulfonamides is 1. The molecule has 106 valence electrons. The molecule has 2 N–H and O–H groups in total. The number of anilines is 1. The van der Waals surface area contributed by atoms with Gasteiger partial charge in [0.1, 0.15) is 10.7 Å². The molecule has 0 saturated heterocycles. The maximum absolute atomic E-state index is 11.5. The predicted octanol–water partition coefficient (Wildman–Crippen LogP) is 0.971. The lowest BCUT2D eigenvalue weighted by atomic mass is 9.80. The number of nitrogens with zero attached hydrogens (tertiary/aromatic N) is 1. The van der Waals surface area contributed by atoms with Crippen LogP contribution in [-0.2, 0) is 14.8 Å². The Kier molecular flexibility index (Phi) is 4.07. The van der Waals surface area contributed by atoms with E-state index in [0.29, 0.717) is 12.4 Å². The second-order valence-corrected chi connectivity index (χ2v) is 6.57. The molecule has 7 heteroatoms. The summed E-state index contributed by atoms with van der Waals surface area (Å²) in [5.74, 6) is 0.651. The number of hydrogen-bond acceptors (Lipinski definition) is 5. The Hall–Kier alpha value is -1.18. The molecule has 0 bridgehead atoms. The van der Waals surface area contributed by atoms with Gasteiger partial charge in [-0.15, -0.1) is 0 Å². The third-order valence-electron chi connectivity index (χ3n) is 3.60. The molecule has 0 radical (unpaired) electrons. The van der Waals surface area contributed by atoms with E-state index in [4.69, 9.17) is 4.74 Å². The van der Waals surface area contributed by atoms with Gasteiger partial charge in [-0.2, -0.15) is 0 Å². The molecule has 2 rings (SSSR count). The van der Waals surface area contributed by atoms with Crippen molar-refractivity contribution in [2.45, 2.75) is 29.8 Å². The Morgan fingerprint density at radius 3 is 2.58 bits per heavy atom. The van der Waals surface area contributed by atoms with Gasteiger partial charge in [-0.1, -0.05) is 0 Å². The van der Waals surface area contributed by atoms with E-state index >= 15 is 0 Å². The van der Waals surface area contributed by atoms with Gasteiger partial charge < -0.3 is 10.1 Å². The van der Waals surface area contributed by atoms with Crippen molar-refractivity contribution in [3.8, 4) is 0 Å². The van der Waals surface area contributed by atoms with Crippen molar-refractivity contribution >= 4 is 15.8 Å². The molecule has 1 saturated carbocycles. The van der Waals surface area contributed by atoms with Crippen LogP contribution in [0.3, 0.4) is 0 Å². The topological polar surface area (TPSA) is 80.3 Å². The molecule has 1 aliphatic rings. The highest BCUT2D eigenvalue weighted by Gasteiger charge is 2.36. The van der Waals surface area contributed by atoms with Gasteiger partial charge in [0.15, 0.2) is 0 Å². The minimum Gasteiger partial charge on any atom is -0.376 e. The Morgan fingerprint density at radius 2 is 2.16 bits per heavy atom. The molecule has 19 heavy (non-hydrogen) atoms.